The summed E-state index contributed by atoms with van der Waals surface area (Å²) in [5.74, 6) is 0.505. The molecule has 29 heavy (non-hydrogen) atoms. The van der Waals surface area contributed by atoms with Crippen molar-refractivity contribution >= 4 is 44.9 Å². The van der Waals surface area contributed by atoms with Crippen LogP contribution in [0.4, 0.5) is 5.69 Å². The van der Waals surface area contributed by atoms with E-state index in [1.165, 1.54) is 16.9 Å². The van der Waals surface area contributed by atoms with Crippen LogP contribution >= 0.6 is 23.1 Å². The first kappa shape index (κ1) is 20.1. The molecular formula is C21H24N4O2S2. The van der Waals surface area contributed by atoms with E-state index in [9.17, 15) is 9.59 Å². The number of amides is 1. The summed E-state index contributed by atoms with van der Waals surface area (Å²) in [5.41, 5.74) is 1.95. The SMILES string of the molecule is CSc1ccccc1NC(=O)CN(C)Cc1nc2sc3c(c2c(=O)[nH]1)CCCC3. The summed E-state index contributed by atoms with van der Waals surface area (Å²) in [5, 5.41) is 3.73. The van der Waals surface area contributed by atoms with Gasteiger partial charge in [-0.1, -0.05) is 12.1 Å². The second-order valence-corrected chi connectivity index (χ2v) is 9.26. The highest BCUT2D eigenvalue weighted by atomic mass is 32.2. The van der Waals surface area contributed by atoms with Crippen molar-refractivity contribution in [2.24, 2.45) is 0 Å². The highest BCUT2D eigenvalue weighted by molar-refractivity contribution is 7.98. The zero-order chi connectivity index (χ0) is 20.4. The van der Waals surface area contributed by atoms with Crippen molar-refractivity contribution in [3.63, 3.8) is 0 Å². The Morgan fingerprint density at radius 3 is 2.93 bits per heavy atom. The normalized spacial score (nSPS) is 13.6. The van der Waals surface area contributed by atoms with Gasteiger partial charge in [-0.15, -0.1) is 23.1 Å². The van der Waals surface area contributed by atoms with Gasteiger partial charge in [0.2, 0.25) is 5.91 Å². The third kappa shape index (κ3) is 4.39. The van der Waals surface area contributed by atoms with Gasteiger partial charge < -0.3 is 10.3 Å². The van der Waals surface area contributed by atoms with Crippen molar-refractivity contribution in [2.75, 3.05) is 25.2 Å². The number of nitrogens with zero attached hydrogens (tertiary/aromatic N) is 2. The predicted octanol–water partition coefficient (Wildman–Crippen LogP) is 3.66. The first-order chi connectivity index (χ1) is 14.0. The fraction of sp³-hybridized carbons (Fsp3) is 0.381. The quantitative estimate of drug-likeness (QED) is 0.586. The van der Waals surface area contributed by atoms with Crippen LogP contribution < -0.4 is 10.9 Å². The standard InChI is InChI=1S/C21H24N4O2S2/c1-25(12-18(26)22-14-8-4-6-10-16(14)28-2)11-17-23-20(27)19-13-7-3-5-9-15(13)29-21(19)24-17/h4,6,8,10H,3,5,7,9,11-12H2,1-2H3,(H,22,26)(H,23,24,27). The minimum atomic E-state index is -0.0935. The number of para-hydroxylation sites is 1. The molecule has 2 aromatic heterocycles. The topological polar surface area (TPSA) is 78.1 Å². The number of carbonyl (C=O) groups is 1. The first-order valence-corrected chi connectivity index (χ1v) is 11.7. The number of H-pyrrole nitrogens is 1. The van der Waals surface area contributed by atoms with Gasteiger partial charge in [-0.05, 0) is 56.7 Å². The number of anilines is 1. The Kier molecular flexibility index (Phi) is 6.03. The summed E-state index contributed by atoms with van der Waals surface area (Å²) in [6.45, 7) is 0.622. The molecule has 0 saturated heterocycles. The van der Waals surface area contributed by atoms with Crippen LogP contribution in [0.3, 0.4) is 0 Å². The Balaban J connectivity index is 1.45. The summed E-state index contributed by atoms with van der Waals surface area (Å²) in [6.07, 6.45) is 6.32. The molecule has 6 nitrogen and oxygen atoms in total. The van der Waals surface area contributed by atoms with Crippen LogP contribution in [-0.4, -0.2) is 40.6 Å². The third-order valence-electron chi connectivity index (χ3n) is 5.09. The molecule has 0 fully saturated rings. The van der Waals surface area contributed by atoms with E-state index in [0.717, 1.165) is 40.1 Å². The van der Waals surface area contributed by atoms with Crippen molar-refractivity contribution in [1.82, 2.24) is 14.9 Å². The van der Waals surface area contributed by atoms with Crippen molar-refractivity contribution in [3.8, 4) is 0 Å². The van der Waals surface area contributed by atoms with E-state index in [2.05, 4.69) is 15.3 Å². The number of aryl methyl sites for hydroxylation is 2. The molecule has 0 aliphatic heterocycles. The van der Waals surface area contributed by atoms with E-state index in [-0.39, 0.29) is 18.0 Å². The molecule has 2 heterocycles. The lowest BCUT2D eigenvalue weighted by Crippen LogP contribution is -2.31. The summed E-state index contributed by atoms with van der Waals surface area (Å²) in [4.78, 5) is 37.7. The maximum atomic E-state index is 12.7. The van der Waals surface area contributed by atoms with E-state index >= 15 is 0 Å². The lowest BCUT2D eigenvalue weighted by Gasteiger charge is -2.16. The molecule has 0 spiro atoms. The molecule has 0 unspecified atom stereocenters. The maximum Gasteiger partial charge on any atom is 0.259 e. The van der Waals surface area contributed by atoms with Crippen LogP contribution in [0.5, 0.6) is 0 Å². The lowest BCUT2D eigenvalue weighted by atomic mass is 9.97. The summed E-state index contributed by atoms with van der Waals surface area (Å²) < 4.78 is 0. The van der Waals surface area contributed by atoms with Crippen LogP contribution in [0.2, 0.25) is 0 Å². The number of aromatic amines is 1. The number of hydrogen-bond donors (Lipinski definition) is 2. The Morgan fingerprint density at radius 1 is 1.31 bits per heavy atom. The van der Waals surface area contributed by atoms with Gasteiger partial charge >= 0.3 is 0 Å². The number of rotatable bonds is 6. The number of thiophene rings is 1. The van der Waals surface area contributed by atoms with Crippen molar-refractivity contribution in [1.29, 1.82) is 0 Å². The van der Waals surface area contributed by atoms with E-state index < -0.39 is 0 Å². The van der Waals surface area contributed by atoms with Gasteiger partial charge in [-0.3, -0.25) is 14.5 Å². The van der Waals surface area contributed by atoms with E-state index in [4.69, 9.17) is 0 Å². The minimum Gasteiger partial charge on any atom is -0.324 e. The highest BCUT2D eigenvalue weighted by Gasteiger charge is 2.20. The number of aromatic nitrogens is 2. The molecule has 1 aliphatic rings. The molecule has 0 saturated carbocycles. The average molecular weight is 429 g/mol. The Morgan fingerprint density at radius 2 is 2.10 bits per heavy atom. The molecule has 3 aromatic rings. The van der Waals surface area contributed by atoms with Crippen LogP contribution in [0, 0.1) is 0 Å². The number of benzene rings is 1. The van der Waals surface area contributed by atoms with Gasteiger partial charge in [0.15, 0.2) is 0 Å². The monoisotopic (exact) mass is 428 g/mol. The number of fused-ring (bicyclic) bond motifs is 3. The first-order valence-electron chi connectivity index (χ1n) is 9.70. The van der Waals surface area contributed by atoms with Crippen molar-refractivity contribution in [3.05, 3.63) is 50.9 Å². The molecule has 1 amide bonds. The predicted molar refractivity (Wildman–Crippen MR) is 120 cm³/mol. The number of hydrogen-bond acceptors (Lipinski definition) is 6. The summed E-state index contributed by atoms with van der Waals surface area (Å²) in [6, 6.07) is 7.74. The zero-order valence-electron chi connectivity index (χ0n) is 16.6. The smallest absolute Gasteiger partial charge is 0.259 e. The molecule has 2 N–H and O–H groups in total. The fourth-order valence-electron chi connectivity index (χ4n) is 3.78. The number of nitrogens with one attached hydrogen (secondary N) is 2. The highest BCUT2D eigenvalue weighted by Crippen LogP contribution is 2.33. The zero-order valence-corrected chi connectivity index (χ0v) is 18.2. The third-order valence-corrected chi connectivity index (χ3v) is 7.07. The van der Waals surface area contributed by atoms with Crippen LogP contribution in [-0.2, 0) is 24.2 Å². The lowest BCUT2D eigenvalue weighted by molar-refractivity contribution is -0.117. The van der Waals surface area contributed by atoms with Crippen LogP contribution in [0.1, 0.15) is 29.1 Å². The Labute approximate surface area is 177 Å². The van der Waals surface area contributed by atoms with Gasteiger partial charge in [0.25, 0.3) is 5.56 Å². The van der Waals surface area contributed by atoms with Gasteiger partial charge in [0.05, 0.1) is 24.2 Å². The van der Waals surface area contributed by atoms with Crippen LogP contribution in [0.25, 0.3) is 10.2 Å². The number of thioether (sulfide) groups is 1. The van der Waals surface area contributed by atoms with Gasteiger partial charge in [-0.2, -0.15) is 0 Å². The van der Waals surface area contributed by atoms with E-state index in [1.54, 1.807) is 23.1 Å². The van der Waals surface area contributed by atoms with E-state index in [1.807, 2.05) is 42.5 Å². The molecule has 152 valence electrons. The van der Waals surface area contributed by atoms with Crippen LogP contribution in [0.15, 0.2) is 34.0 Å². The second kappa shape index (κ2) is 8.69. The Bertz CT molecular complexity index is 1110. The molecule has 4 rings (SSSR count). The van der Waals surface area contributed by atoms with Gasteiger partial charge in [-0.25, -0.2) is 4.98 Å². The maximum absolute atomic E-state index is 12.7. The van der Waals surface area contributed by atoms with Gasteiger partial charge in [0.1, 0.15) is 10.7 Å². The minimum absolute atomic E-state index is 0.0591. The molecular weight excluding hydrogens is 404 g/mol. The molecule has 0 atom stereocenters. The fourth-order valence-corrected chi connectivity index (χ4v) is 5.61. The number of carbonyl (C=O) groups excluding carboxylic acids is 1. The molecule has 1 aliphatic carbocycles. The molecule has 0 radical (unpaired) electrons. The summed E-state index contributed by atoms with van der Waals surface area (Å²) in [7, 11) is 1.85. The largest absolute Gasteiger partial charge is 0.324 e. The van der Waals surface area contributed by atoms with E-state index in [0.29, 0.717) is 12.4 Å². The van der Waals surface area contributed by atoms with Crippen molar-refractivity contribution in [2.45, 2.75) is 37.1 Å². The Hall–Kier alpha value is -2.16. The molecule has 0 bridgehead atoms. The molecule has 8 heteroatoms. The average Bonchev–Trinajstić information content (AvgIpc) is 3.06. The number of likely N-dealkylation sites (N-methyl/N-ethyl adjacent to an activating group) is 1. The summed E-state index contributed by atoms with van der Waals surface area (Å²) >= 11 is 3.24. The second-order valence-electron chi connectivity index (χ2n) is 7.32. The van der Waals surface area contributed by atoms with Crippen molar-refractivity contribution < 1.29 is 4.79 Å². The van der Waals surface area contributed by atoms with Gasteiger partial charge in [0, 0.05) is 9.77 Å². The molecule has 1 aromatic carbocycles.